The van der Waals surface area contributed by atoms with Crippen molar-refractivity contribution in [2.75, 3.05) is 0 Å². The van der Waals surface area contributed by atoms with E-state index in [0.29, 0.717) is 6.42 Å². The maximum atomic E-state index is 12.9. The number of Topliss-reactive ketones (excluding diaryl/α,β-unsaturated/α-hetero) is 1. The summed E-state index contributed by atoms with van der Waals surface area (Å²) in [5, 5.41) is 2.31. The van der Waals surface area contributed by atoms with Gasteiger partial charge in [-0.05, 0) is 34.9 Å². The minimum absolute atomic E-state index is 0.0942. The average molecular weight is 405 g/mol. The van der Waals surface area contributed by atoms with Crippen molar-refractivity contribution in [3.05, 3.63) is 87.6 Å². The number of ether oxygens (including phenoxy) is 1. The van der Waals surface area contributed by atoms with E-state index in [1.54, 1.807) is 0 Å². The molecule has 1 aliphatic carbocycles. The Kier molecular flexibility index (Phi) is 3.71. The first-order valence-corrected chi connectivity index (χ1v) is 9.73. The maximum absolute atomic E-state index is 12.9. The average Bonchev–Trinajstić information content (AvgIpc) is 2.67. The fourth-order valence-electron chi connectivity index (χ4n) is 4.22. The van der Waals surface area contributed by atoms with Crippen molar-refractivity contribution in [2.24, 2.45) is 0 Å². The maximum Gasteiger partial charge on any atom is 0.163 e. The van der Waals surface area contributed by atoms with E-state index >= 15 is 0 Å². The Balaban J connectivity index is 1.87. The third kappa shape index (κ3) is 2.34. The lowest BCUT2D eigenvalue weighted by atomic mass is 9.75. The third-order valence-corrected chi connectivity index (χ3v) is 6.09. The molecule has 26 heavy (non-hydrogen) atoms. The molecule has 0 radical (unpaired) electrons. The fraction of sp³-hybridized carbons (Fsp3) is 0.174. The Bertz CT molecular complexity index is 1080. The number of allylic oxidation sites excluding steroid dienone is 2. The van der Waals surface area contributed by atoms with Gasteiger partial charge in [0, 0.05) is 34.4 Å². The number of ketones is 1. The molecule has 0 N–H and O–H groups in total. The molecular weight excluding hydrogens is 388 g/mol. The molecule has 0 fully saturated rings. The molecular formula is C23H17BrO2. The van der Waals surface area contributed by atoms with E-state index in [4.69, 9.17) is 4.74 Å². The van der Waals surface area contributed by atoms with E-state index in [1.807, 2.05) is 36.4 Å². The monoisotopic (exact) mass is 404 g/mol. The van der Waals surface area contributed by atoms with Crippen LogP contribution < -0.4 is 4.74 Å². The lowest BCUT2D eigenvalue weighted by molar-refractivity contribution is -0.116. The number of hydrogen-bond acceptors (Lipinski definition) is 2. The molecule has 2 aliphatic rings. The zero-order valence-corrected chi connectivity index (χ0v) is 15.8. The van der Waals surface area contributed by atoms with E-state index < -0.39 is 0 Å². The summed E-state index contributed by atoms with van der Waals surface area (Å²) in [5.41, 5.74) is 3.06. The van der Waals surface area contributed by atoms with Crippen LogP contribution in [-0.2, 0) is 4.79 Å². The van der Waals surface area contributed by atoms with Crippen LogP contribution in [0, 0.1) is 0 Å². The van der Waals surface area contributed by atoms with E-state index in [0.717, 1.165) is 50.9 Å². The highest BCUT2D eigenvalue weighted by Gasteiger charge is 2.38. The van der Waals surface area contributed by atoms with Gasteiger partial charge < -0.3 is 4.74 Å². The van der Waals surface area contributed by atoms with Crippen LogP contribution >= 0.6 is 15.9 Å². The van der Waals surface area contributed by atoms with Gasteiger partial charge in [-0.15, -0.1) is 0 Å². The first kappa shape index (κ1) is 15.8. The predicted molar refractivity (Wildman–Crippen MR) is 106 cm³/mol. The molecule has 2 nitrogen and oxygen atoms in total. The van der Waals surface area contributed by atoms with Gasteiger partial charge in [-0.25, -0.2) is 0 Å². The molecule has 128 valence electrons. The molecule has 0 amide bonds. The highest BCUT2D eigenvalue weighted by molar-refractivity contribution is 9.10. The van der Waals surface area contributed by atoms with Crippen molar-refractivity contribution in [3.8, 4) is 5.75 Å². The molecule has 1 atom stereocenters. The lowest BCUT2D eigenvalue weighted by Crippen LogP contribution is -2.25. The van der Waals surface area contributed by atoms with Crippen LogP contribution in [0.3, 0.4) is 0 Å². The van der Waals surface area contributed by atoms with Crippen molar-refractivity contribution in [3.63, 3.8) is 0 Å². The summed E-state index contributed by atoms with van der Waals surface area (Å²) < 4.78 is 7.27. The molecule has 5 rings (SSSR count). The molecule has 0 bridgehead atoms. The summed E-state index contributed by atoms with van der Waals surface area (Å²) in [4.78, 5) is 12.9. The molecule has 1 aliphatic heterocycles. The number of carbonyl (C=O) groups excluding carboxylic acids is 1. The van der Waals surface area contributed by atoms with Crippen molar-refractivity contribution in [1.29, 1.82) is 0 Å². The predicted octanol–water partition coefficient (Wildman–Crippen LogP) is 6.13. The molecule has 0 aromatic heterocycles. The topological polar surface area (TPSA) is 26.3 Å². The number of fused-ring (bicyclic) bond motifs is 3. The summed E-state index contributed by atoms with van der Waals surface area (Å²) in [6.07, 6.45) is 2.29. The number of benzene rings is 3. The molecule has 0 saturated carbocycles. The van der Waals surface area contributed by atoms with Crippen molar-refractivity contribution in [1.82, 2.24) is 0 Å². The van der Waals surface area contributed by atoms with Crippen LogP contribution in [0.2, 0.25) is 0 Å². The second kappa shape index (κ2) is 6.10. The molecule has 3 aromatic carbocycles. The largest absolute Gasteiger partial charge is 0.461 e. The van der Waals surface area contributed by atoms with Crippen LogP contribution in [0.4, 0.5) is 0 Å². The summed E-state index contributed by atoms with van der Waals surface area (Å²) in [6, 6.07) is 20.7. The van der Waals surface area contributed by atoms with Gasteiger partial charge in [-0.1, -0.05) is 64.5 Å². The number of halogens is 1. The summed E-state index contributed by atoms with van der Waals surface area (Å²) in [7, 11) is 0. The molecule has 0 saturated heterocycles. The Morgan fingerprint density at radius 3 is 2.62 bits per heavy atom. The van der Waals surface area contributed by atoms with Crippen LogP contribution in [0.15, 0.2) is 76.5 Å². The zero-order chi connectivity index (χ0) is 17.7. The Hall–Kier alpha value is -2.39. The van der Waals surface area contributed by atoms with E-state index in [-0.39, 0.29) is 11.7 Å². The van der Waals surface area contributed by atoms with Crippen LogP contribution in [0.5, 0.6) is 5.75 Å². The molecule has 3 heteroatoms. The number of hydrogen-bond donors (Lipinski definition) is 0. The number of rotatable bonds is 1. The van der Waals surface area contributed by atoms with E-state index in [2.05, 4.69) is 40.2 Å². The van der Waals surface area contributed by atoms with Gasteiger partial charge in [-0.3, -0.25) is 4.79 Å². The Morgan fingerprint density at radius 1 is 0.923 bits per heavy atom. The zero-order valence-electron chi connectivity index (χ0n) is 14.2. The van der Waals surface area contributed by atoms with Gasteiger partial charge in [0.2, 0.25) is 0 Å². The van der Waals surface area contributed by atoms with Crippen molar-refractivity contribution < 1.29 is 9.53 Å². The normalized spacial score (nSPS) is 19.1. The van der Waals surface area contributed by atoms with Crippen LogP contribution in [-0.4, -0.2) is 5.78 Å². The van der Waals surface area contributed by atoms with E-state index in [1.165, 1.54) is 5.39 Å². The number of carbonyl (C=O) groups is 1. The first-order chi connectivity index (χ1) is 12.7. The molecule has 3 aromatic rings. The summed E-state index contributed by atoms with van der Waals surface area (Å²) >= 11 is 3.71. The first-order valence-electron chi connectivity index (χ1n) is 8.94. The van der Waals surface area contributed by atoms with Crippen molar-refractivity contribution in [2.45, 2.75) is 25.2 Å². The second-order valence-corrected chi connectivity index (χ2v) is 7.72. The lowest BCUT2D eigenvalue weighted by Gasteiger charge is -2.34. The molecule has 1 heterocycles. The van der Waals surface area contributed by atoms with E-state index in [9.17, 15) is 4.79 Å². The summed E-state index contributed by atoms with van der Waals surface area (Å²) in [5.74, 6) is 1.84. The fourth-order valence-corrected chi connectivity index (χ4v) is 4.74. The van der Waals surface area contributed by atoms with Gasteiger partial charge in [-0.2, -0.15) is 0 Å². The molecule has 1 unspecified atom stereocenters. The highest BCUT2D eigenvalue weighted by atomic mass is 79.9. The summed E-state index contributed by atoms with van der Waals surface area (Å²) in [6.45, 7) is 0. The van der Waals surface area contributed by atoms with Crippen LogP contribution in [0.1, 0.15) is 36.3 Å². The standard InChI is InChI=1S/C23H17BrO2/c24-17-9-4-3-8-16(17)22-21-15-7-2-1-6-14(15)12-13-20(21)26-19-11-5-10-18(25)23(19)22/h1-4,6-9,12-13,22H,5,10-11H2. The minimum Gasteiger partial charge on any atom is -0.461 e. The van der Waals surface area contributed by atoms with Crippen LogP contribution in [0.25, 0.3) is 10.8 Å². The smallest absolute Gasteiger partial charge is 0.163 e. The van der Waals surface area contributed by atoms with Gasteiger partial charge in [0.1, 0.15) is 11.5 Å². The van der Waals surface area contributed by atoms with Gasteiger partial charge in [0.25, 0.3) is 0 Å². The van der Waals surface area contributed by atoms with Gasteiger partial charge in [0.15, 0.2) is 5.78 Å². The highest BCUT2D eigenvalue weighted by Crippen LogP contribution is 2.50. The molecule has 0 spiro atoms. The minimum atomic E-state index is -0.0942. The third-order valence-electron chi connectivity index (χ3n) is 5.37. The van der Waals surface area contributed by atoms with Crippen molar-refractivity contribution >= 4 is 32.5 Å². The van der Waals surface area contributed by atoms with Gasteiger partial charge >= 0.3 is 0 Å². The second-order valence-electron chi connectivity index (χ2n) is 6.87. The Labute approximate surface area is 160 Å². The quantitative estimate of drug-likeness (QED) is 0.487. The van der Waals surface area contributed by atoms with Gasteiger partial charge in [0.05, 0.1) is 0 Å². The Morgan fingerprint density at radius 2 is 1.73 bits per heavy atom. The SMILES string of the molecule is O=C1CCCC2=C1C(c1ccccc1Br)c1c(ccc3ccccc13)O2.